The molecule has 1 heterocycles. The molecule has 2 N–H and O–H groups in total. The number of amides is 1. The molecule has 0 atom stereocenters. The number of carbonyl (C=O) groups excluding carboxylic acids is 1. The van der Waals surface area contributed by atoms with Crippen molar-refractivity contribution in [2.45, 2.75) is 20.8 Å². The summed E-state index contributed by atoms with van der Waals surface area (Å²) in [4.78, 5) is 17.1. The van der Waals surface area contributed by atoms with E-state index in [0.717, 1.165) is 16.8 Å². The molecule has 0 aliphatic rings. The van der Waals surface area contributed by atoms with Gasteiger partial charge in [-0.1, -0.05) is 17.7 Å². The van der Waals surface area contributed by atoms with E-state index in [9.17, 15) is 4.79 Å². The van der Waals surface area contributed by atoms with E-state index < -0.39 is 0 Å². The van der Waals surface area contributed by atoms with Crippen molar-refractivity contribution in [2.75, 3.05) is 24.9 Å². The molecule has 0 fully saturated rings. The van der Waals surface area contributed by atoms with E-state index in [2.05, 4.69) is 48.5 Å². The molecular formula is C23H25N3O3. The van der Waals surface area contributed by atoms with Crippen LogP contribution in [0.3, 0.4) is 0 Å². The predicted octanol–water partition coefficient (Wildman–Crippen LogP) is 5.02. The van der Waals surface area contributed by atoms with Crippen molar-refractivity contribution >= 4 is 23.1 Å². The number of hydrogen-bond acceptors (Lipinski definition) is 5. The maximum absolute atomic E-state index is 12.8. The highest BCUT2D eigenvalue weighted by molar-refractivity contribution is 6.05. The van der Waals surface area contributed by atoms with E-state index >= 15 is 0 Å². The molecule has 3 rings (SSSR count). The maximum atomic E-state index is 12.8. The van der Waals surface area contributed by atoms with Crippen LogP contribution in [0.5, 0.6) is 11.5 Å². The van der Waals surface area contributed by atoms with Gasteiger partial charge in [0, 0.05) is 23.5 Å². The van der Waals surface area contributed by atoms with Crippen molar-refractivity contribution in [3.63, 3.8) is 0 Å². The summed E-state index contributed by atoms with van der Waals surface area (Å²) < 4.78 is 10.5. The molecule has 0 bridgehead atoms. The number of methoxy groups -OCH3 is 2. The summed E-state index contributed by atoms with van der Waals surface area (Å²) in [6, 6.07) is 12.9. The third kappa shape index (κ3) is 4.66. The first-order valence-electron chi connectivity index (χ1n) is 9.25. The molecule has 150 valence electrons. The van der Waals surface area contributed by atoms with Gasteiger partial charge in [-0.25, -0.2) is 4.98 Å². The Balaban J connectivity index is 1.82. The van der Waals surface area contributed by atoms with Gasteiger partial charge in [0.2, 0.25) is 0 Å². The quantitative estimate of drug-likeness (QED) is 0.617. The van der Waals surface area contributed by atoms with Gasteiger partial charge in [0.25, 0.3) is 5.91 Å². The lowest BCUT2D eigenvalue weighted by atomic mass is 10.1. The Bertz CT molecular complexity index is 1020. The molecule has 0 unspecified atom stereocenters. The SMILES string of the molecule is COc1ccc(NC(=O)c2ccnc(Nc3c(C)cc(C)cc3C)c2)c(OC)c1. The summed E-state index contributed by atoms with van der Waals surface area (Å²) >= 11 is 0. The third-order valence-electron chi connectivity index (χ3n) is 4.61. The number of nitrogens with one attached hydrogen (secondary N) is 2. The summed E-state index contributed by atoms with van der Waals surface area (Å²) in [5.74, 6) is 1.53. The Morgan fingerprint density at radius 2 is 1.66 bits per heavy atom. The number of benzene rings is 2. The first-order chi connectivity index (χ1) is 13.9. The lowest BCUT2D eigenvalue weighted by molar-refractivity contribution is 0.102. The van der Waals surface area contributed by atoms with Crippen molar-refractivity contribution in [3.8, 4) is 11.5 Å². The molecule has 0 aliphatic carbocycles. The van der Waals surface area contributed by atoms with E-state index in [0.29, 0.717) is 28.6 Å². The van der Waals surface area contributed by atoms with Crippen LogP contribution < -0.4 is 20.1 Å². The van der Waals surface area contributed by atoms with E-state index in [1.807, 2.05) is 0 Å². The Morgan fingerprint density at radius 1 is 0.931 bits per heavy atom. The van der Waals surface area contributed by atoms with Crippen LogP contribution in [-0.2, 0) is 0 Å². The van der Waals surface area contributed by atoms with Gasteiger partial charge in [0.05, 0.1) is 19.9 Å². The van der Waals surface area contributed by atoms with Gasteiger partial charge < -0.3 is 20.1 Å². The maximum Gasteiger partial charge on any atom is 0.255 e. The molecule has 0 saturated heterocycles. The average Bonchev–Trinajstić information content (AvgIpc) is 2.71. The fraction of sp³-hybridized carbons (Fsp3) is 0.217. The van der Waals surface area contributed by atoms with Gasteiger partial charge in [-0.3, -0.25) is 4.79 Å². The highest BCUT2D eigenvalue weighted by Gasteiger charge is 2.12. The lowest BCUT2D eigenvalue weighted by Crippen LogP contribution is -2.13. The Kier molecular flexibility index (Phi) is 6.02. The number of nitrogens with zero attached hydrogens (tertiary/aromatic N) is 1. The summed E-state index contributed by atoms with van der Waals surface area (Å²) in [5, 5.41) is 6.21. The number of ether oxygens (including phenoxy) is 2. The Labute approximate surface area is 170 Å². The molecule has 6 nitrogen and oxygen atoms in total. The van der Waals surface area contributed by atoms with Crippen molar-refractivity contribution in [3.05, 3.63) is 70.9 Å². The van der Waals surface area contributed by atoms with Gasteiger partial charge in [-0.05, 0) is 56.2 Å². The van der Waals surface area contributed by atoms with Crippen LogP contribution in [0.2, 0.25) is 0 Å². The number of anilines is 3. The van der Waals surface area contributed by atoms with E-state index in [-0.39, 0.29) is 5.91 Å². The predicted molar refractivity (Wildman–Crippen MR) is 116 cm³/mol. The minimum atomic E-state index is -0.253. The van der Waals surface area contributed by atoms with Gasteiger partial charge in [0.1, 0.15) is 17.3 Å². The highest BCUT2D eigenvalue weighted by Crippen LogP contribution is 2.30. The minimum absolute atomic E-state index is 0.253. The van der Waals surface area contributed by atoms with E-state index in [1.54, 1.807) is 50.7 Å². The van der Waals surface area contributed by atoms with Crippen LogP contribution in [0, 0.1) is 20.8 Å². The molecule has 1 amide bonds. The fourth-order valence-corrected chi connectivity index (χ4v) is 3.24. The van der Waals surface area contributed by atoms with Crippen molar-refractivity contribution < 1.29 is 14.3 Å². The first-order valence-corrected chi connectivity index (χ1v) is 9.25. The summed E-state index contributed by atoms with van der Waals surface area (Å²) in [7, 11) is 3.13. The average molecular weight is 391 g/mol. The van der Waals surface area contributed by atoms with Crippen LogP contribution in [0.1, 0.15) is 27.0 Å². The second-order valence-electron chi connectivity index (χ2n) is 6.85. The molecule has 0 aliphatic heterocycles. The van der Waals surface area contributed by atoms with Gasteiger partial charge in [0.15, 0.2) is 0 Å². The summed E-state index contributed by atoms with van der Waals surface area (Å²) in [6.45, 7) is 6.17. The molecular weight excluding hydrogens is 366 g/mol. The molecule has 2 aromatic carbocycles. The number of rotatable bonds is 6. The fourth-order valence-electron chi connectivity index (χ4n) is 3.24. The molecule has 0 radical (unpaired) electrons. The second kappa shape index (κ2) is 8.65. The zero-order valence-corrected chi connectivity index (χ0v) is 17.3. The minimum Gasteiger partial charge on any atom is -0.497 e. The number of aromatic nitrogens is 1. The number of hydrogen-bond donors (Lipinski definition) is 2. The van der Waals surface area contributed by atoms with Crippen molar-refractivity contribution in [1.29, 1.82) is 0 Å². The van der Waals surface area contributed by atoms with Crippen LogP contribution in [-0.4, -0.2) is 25.1 Å². The Hall–Kier alpha value is -3.54. The molecule has 29 heavy (non-hydrogen) atoms. The van der Waals surface area contributed by atoms with Crippen molar-refractivity contribution in [1.82, 2.24) is 4.98 Å². The highest BCUT2D eigenvalue weighted by atomic mass is 16.5. The second-order valence-corrected chi connectivity index (χ2v) is 6.85. The molecule has 1 aromatic heterocycles. The molecule has 0 spiro atoms. The first kappa shape index (κ1) is 20.2. The molecule has 0 saturated carbocycles. The monoisotopic (exact) mass is 391 g/mol. The standard InChI is InChI=1S/C23H25N3O3/c1-14-10-15(2)22(16(3)11-14)26-21-12-17(8-9-24-21)23(27)25-19-7-6-18(28-4)13-20(19)29-5/h6-13H,1-5H3,(H,24,26)(H,25,27). The zero-order valence-electron chi connectivity index (χ0n) is 17.3. The number of aryl methyl sites for hydroxylation is 3. The molecule has 3 aromatic rings. The van der Waals surface area contributed by atoms with Crippen LogP contribution >= 0.6 is 0 Å². The smallest absolute Gasteiger partial charge is 0.255 e. The van der Waals surface area contributed by atoms with Gasteiger partial charge in [-0.2, -0.15) is 0 Å². The number of carbonyl (C=O) groups is 1. The van der Waals surface area contributed by atoms with Gasteiger partial charge in [-0.15, -0.1) is 0 Å². The van der Waals surface area contributed by atoms with E-state index in [1.165, 1.54) is 5.56 Å². The Morgan fingerprint density at radius 3 is 2.31 bits per heavy atom. The van der Waals surface area contributed by atoms with Crippen LogP contribution in [0.25, 0.3) is 0 Å². The normalized spacial score (nSPS) is 10.4. The van der Waals surface area contributed by atoms with E-state index in [4.69, 9.17) is 9.47 Å². The van der Waals surface area contributed by atoms with Crippen LogP contribution in [0.4, 0.5) is 17.2 Å². The topological polar surface area (TPSA) is 72.5 Å². The lowest BCUT2D eigenvalue weighted by Gasteiger charge is -2.14. The van der Waals surface area contributed by atoms with Gasteiger partial charge >= 0.3 is 0 Å². The molecule has 6 heteroatoms. The van der Waals surface area contributed by atoms with Crippen molar-refractivity contribution in [2.24, 2.45) is 0 Å². The number of pyridine rings is 1. The largest absolute Gasteiger partial charge is 0.497 e. The third-order valence-corrected chi connectivity index (χ3v) is 4.61. The zero-order chi connectivity index (χ0) is 21.0. The summed E-state index contributed by atoms with van der Waals surface area (Å²) in [6.07, 6.45) is 1.61. The van der Waals surface area contributed by atoms with Crippen LogP contribution in [0.15, 0.2) is 48.7 Å². The summed E-state index contributed by atoms with van der Waals surface area (Å²) in [5.41, 5.74) is 5.51.